The molecule has 2 unspecified atom stereocenters. The number of benzene rings is 2. The van der Waals surface area contributed by atoms with Crippen LogP contribution in [0, 0.1) is 0 Å². The number of methoxy groups -OCH3 is 1. The van der Waals surface area contributed by atoms with E-state index in [0.29, 0.717) is 24.2 Å². The van der Waals surface area contributed by atoms with Crippen molar-refractivity contribution in [1.82, 2.24) is 16.0 Å². The van der Waals surface area contributed by atoms with E-state index < -0.39 is 30.1 Å². The number of nitrogens with one attached hydrogen (secondary N) is 3. The number of rotatable bonds is 7. The van der Waals surface area contributed by atoms with Crippen molar-refractivity contribution >= 4 is 17.7 Å². The van der Waals surface area contributed by atoms with Crippen molar-refractivity contribution in [3.63, 3.8) is 0 Å². The number of ether oxygens (including phenoxy) is 1. The minimum Gasteiger partial charge on any atom is -0.497 e. The van der Waals surface area contributed by atoms with Crippen LogP contribution in [0.3, 0.4) is 0 Å². The van der Waals surface area contributed by atoms with E-state index in [1.165, 1.54) is 13.2 Å². The molecular weight excluding hydrogens is 451 g/mol. The molecule has 1 aliphatic carbocycles. The lowest BCUT2D eigenvalue weighted by atomic mass is 9.90. The van der Waals surface area contributed by atoms with E-state index in [1.54, 1.807) is 24.3 Å². The Balaban J connectivity index is 1.54. The van der Waals surface area contributed by atoms with Crippen LogP contribution in [0.1, 0.15) is 52.0 Å². The van der Waals surface area contributed by atoms with Crippen LogP contribution in [0.4, 0.5) is 13.2 Å². The molecule has 2 atom stereocenters. The molecule has 34 heavy (non-hydrogen) atoms. The number of hydrogen-bond acceptors (Lipinski definition) is 4. The van der Waals surface area contributed by atoms with Crippen LogP contribution < -0.4 is 20.7 Å². The van der Waals surface area contributed by atoms with Crippen LogP contribution in [-0.2, 0) is 11.0 Å². The lowest BCUT2D eigenvalue weighted by Gasteiger charge is -2.33. The quantitative estimate of drug-likeness (QED) is 0.570. The summed E-state index contributed by atoms with van der Waals surface area (Å²) in [6.07, 6.45) is -1.47. The van der Waals surface area contributed by atoms with E-state index in [4.69, 9.17) is 4.74 Å². The summed E-state index contributed by atoms with van der Waals surface area (Å²) in [5, 5.41) is 8.11. The zero-order valence-corrected chi connectivity index (χ0v) is 18.6. The van der Waals surface area contributed by atoms with Gasteiger partial charge in [0.15, 0.2) is 0 Å². The van der Waals surface area contributed by atoms with Gasteiger partial charge in [-0.15, -0.1) is 0 Å². The predicted molar refractivity (Wildman–Crippen MR) is 118 cm³/mol. The molecule has 1 saturated carbocycles. The molecule has 0 saturated heterocycles. The molecule has 182 valence electrons. The van der Waals surface area contributed by atoms with E-state index >= 15 is 0 Å². The van der Waals surface area contributed by atoms with Gasteiger partial charge in [-0.1, -0.05) is 18.9 Å². The molecule has 2 aromatic carbocycles. The fourth-order valence-electron chi connectivity index (χ4n) is 3.83. The van der Waals surface area contributed by atoms with E-state index in [0.717, 1.165) is 31.0 Å². The van der Waals surface area contributed by atoms with Gasteiger partial charge in [0.2, 0.25) is 5.91 Å². The zero-order chi connectivity index (χ0) is 24.7. The number of carbonyl (C=O) groups is 3. The van der Waals surface area contributed by atoms with Gasteiger partial charge in [0.25, 0.3) is 11.8 Å². The first-order valence-corrected chi connectivity index (χ1v) is 10.9. The number of alkyl halides is 3. The van der Waals surface area contributed by atoms with Crippen molar-refractivity contribution in [3.8, 4) is 5.75 Å². The van der Waals surface area contributed by atoms with Gasteiger partial charge in [-0.3, -0.25) is 14.4 Å². The Morgan fingerprint density at radius 1 is 0.912 bits per heavy atom. The molecule has 1 fully saturated rings. The first kappa shape index (κ1) is 25.1. The van der Waals surface area contributed by atoms with Crippen LogP contribution in [0.5, 0.6) is 5.75 Å². The van der Waals surface area contributed by atoms with Gasteiger partial charge in [0.1, 0.15) is 5.75 Å². The Morgan fingerprint density at radius 3 is 2.18 bits per heavy atom. The Morgan fingerprint density at radius 2 is 1.56 bits per heavy atom. The molecule has 0 heterocycles. The molecule has 3 amide bonds. The topological polar surface area (TPSA) is 96.5 Å². The second kappa shape index (κ2) is 11.0. The summed E-state index contributed by atoms with van der Waals surface area (Å²) in [5.41, 5.74) is -0.669. The van der Waals surface area contributed by atoms with Crippen LogP contribution in [0.15, 0.2) is 48.5 Å². The molecule has 0 radical (unpaired) electrons. The lowest BCUT2D eigenvalue weighted by Crippen LogP contribution is -2.54. The standard InChI is InChI=1S/C24H26F3N3O4/c1-34-18-11-9-15(10-12-18)23(33)30-20-8-3-2-7-19(20)29-21(31)14-28-22(32)16-5-4-6-17(13-16)24(25,26)27/h4-6,9-13,19-20H,2-3,7-8,14H2,1H3,(H,28,32)(H,29,31)(H,30,33). The summed E-state index contributed by atoms with van der Waals surface area (Å²) in [6, 6.07) is 10.0. The van der Waals surface area contributed by atoms with Gasteiger partial charge in [-0.25, -0.2) is 0 Å². The Labute approximate surface area is 195 Å². The molecule has 3 N–H and O–H groups in total. The molecule has 7 nitrogen and oxygen atoms in total. The van der Waals surface area contributed by atoms with Gasteiger partial charge in [-0.05, 0) is 55.3 Å². The third-order valence-electron chi connectivity index (χ3n) is 5.64. The summed E-state index contributed by atoms with van der Waals surface area (Å²) in [5.74, 6) is -0.914. The number of carbonyl (C=O) groups excluding carboxylic acids is 3. The molecular formula is C24H26F3N3O4. The largest absolute Gasteiger partial charge is 0.497 e. The maximum Gasteiger partial charge on any atom is 0.416 e. The molecule has 3 rings (SSSR count). The summed E-state index contributed by atoms with van der Waals surface area (Å²) < 4.78 is 43.6. The van der Waals surface area contributed by atoms with Gasteiger partial charge >= 0.3 is 6.18 Å². The molecule has 1 aliphatic rings. The number of halogens is 3. The first-order valence-electron chi connectivity index (χ1n) is 10.9. The van der Waals surface area contributed by atoms with Crippen molar-refractivity contribution in [1.29, 1.82) is 0 Å². The maximum absolute atomic E-state index is 12.8. The van der Waals surface area contributed by atoms with Crippen molar-refractivity contribution in [2.24, 2.45) is 0 Å². The summed E-state index contributed by atoms with van der Waals surface area (Å²) in [4.78, 5) is 37.2. The van der Waals surface area contributed by atoms with E-state index in [1.807, 2.05) is 0 Å². The van der Waals surface area contributed by atoms with Crippen molar-refractivity contribution in [2.75, 3.05) is 13.7 Å². The highest BCUT2D eigenvalue weighted by Gasteiger charge is 2.31. The van der Waals surface area contributed by atoms with Gasteiger partial charge in [0, 0.05) is 23.2 Å². The summed E-state index contributed by atoms with van der Waals surface area (Å²) >= 11 is 0. The van der Waals surface area contributed by atoms with Crippen LogP contribution >= 0.6 is 0 Å². The number of amides is 3. The zero-order valence-electron chi connectivity index (χ0n) is 18.6. The highest BCUT2D eigenvalue weighted by Crippen LogP contribution is 2.29. The fourth-order valence-corrected chi connectivity index (χ4v) is 3.83. The van der Waals surface area contributed by atoms with Crippen molar-refractivity contribution in [3.05, 3.63) is 65.2 Å². The van der Waals surface area contributed by atoms with Crippen LogP contribution in [0.25, 0.3) is 0 Å². The second-order valence-corrected chi connectivity index (χ2v) is 8.03. The average Bonchev–Trinajstić information content (AvgIpc) is 2.83. The van der Waals surface area contributed by atoms with Gasteiger partial charge < -0.3 is 20.7 Å². The smallest absolute Gasteiger partial charge is 0.416 e. The maximum atomic E-state index is 12.8. The average molecular weight is 477 g/mol. The van der Waals surface area contributed by atoms with E-state index in [-0.39, 0.29) is 23.6 Å². The van der Waals surface area contributed by atoms with Crippen molar-refractivity contribution in [2.45, 2.75) is 43.9 Å². The summed E-state index contributed by atoms with van der Waals surface area (Å²) in [7, 11) is 1.53. The van der Waals surface area contributed by atoms with Crippen LogP contribution in [-0.4, -0.2) is 43.5 Å². The van der Waals surface area contributed by atoms with Crippen molar-refractivity contribution < 1.29 is 32.3 Å². The fraction of sp³-hybridized carbons (Fsp3) is 0.375. The second-order valence-electron chi connectivity index (χ2n) is 8.03. The summed E-state index contributed by atoms with van der Waals surface area (Å²) in [6.45, 7) is -0.398. The molecule has 0 aliphatic heterocycles. The highest BCUT2D eigenvalue weighted by atomic mass is 19.4. The molecule has 0 aromatic heterocycles. The lowest BCUT2D eigenvalue weighted by molar-refractivity contribution is -0.137. The molecule has 10 heteroatoms. The first-order chi connectivity index (χ1) is 16.2. The minimum absolute atomic E-state index is 0.190. The molecule has 2 aromatic rings. The normalized spacial score (nSPS) is 18.0. The monoisotopic (exact) mass is 477 g/mol. The van der Waals surface area contributed by atoms with E-state index in [9.17, 15) is 27.6 Å². The van der Waals surface area contributed by atoms with Crippen LogP contribution in [0.2, 0.25) is 0 Å². The molecule has 0 bridgehead atoms. The Hall–Kier alpha value is -3.56. The highest BCUT2D eigenvalue weighted by molar-refractivity contribution is 5.97. The van der Waals surface area contributed by atoms with E-state index in [2.05, 4.69) is 16.0 Å². The number of hydrogen-bond donors (Lipinski definition) is 3. The Bertz CT molecular complexity index is 1020. The Kier molecular flexibility index (Phi) is 8.14. The van der Waals surface area contributed by atoms with Gasteiger partial charge in [0.05, 0.1) is 19.2 Å². The molecule has 0 spiro atoms. The minimum atomic E-state index is -4.57. The predicted octanol–water partition coefficient (Wildman–Crippen LogP) is 3.30. The van der Waals surface area contributed by atoms with Gasteiger partial charge in [-0.2, -0.15) is 13.2 Å². The third-order valence-corrected chi connectivity index (χ3v) is 5.64. The SMILES string of the molecule is COc1ccc(C(=O)NC2CCCCC2NC(=O)CNC(=O)c2cccc(C(F)(F)F)c2)cc1. The third kappa shape index (κ3) is 6.72.